The van der Waals surface area contributed by atoms with Crippen LogP contribution >= 0.6 is 0 Å². The van der Waals surface area contributed by atoms with Crippen LogP contribution < -0.4 is 9.80 Å². The molecule has 152 valence electrons. The molecule has 2 saturated heterocycles. The number of pyridine rings is 1. The first-order valence-corrected chi connectivity index (χ1v) is 9.95. The maximum absolute atomic E-state index is 6.17. The molecule has 0 bridgehead atoms. The van der Waals surface area contributed by atoms with E-state index in [2.05, 4.69) is 25.1 Å². The Balaban J connectivity index is 1.37. The van der Waals surface area contributed by atoms with Gasteiger partial charge in [0.15, 0.2) is 11.6 Å². The third kappa shape index (κ3) is 3.99. The van der Waals surface area contributed by atoms with Gasteiger partial charge in [-0.2, -0.15) is 0 Å². The van der Waals surface area contributed by atoms with Gasteiger partial charge < -0.3 is 19.3 Å². The third-order valence-corrected chi connectivity index (χ3v) is 5.27. The Labute approximate surface area is 167 Å². The number of ether oxygens (including phenoxy) is 2. The Morgan fingerprint density at radius 1 is 1.03 bits per heavy atom. The first kappa shape index (κ1) is 18.2. The van der Waals surface area contributed by atoms with Crippen LogP contribution in [0.1, 0.15) is 18.4 Å². The fraction of sp³-hybridized carbons (Fsp3) is 0.526. The van der Waals surface area contributed by atoms with Gasteiger partial charge in [-0.05, 0) is 34.8 Å². The van der Waals surface area contributed by atoms with Gasteiger partial charge in [0.05, 0.1) is 25.9 Å². The quantitative estimate of drug-likeness (QED) is 0.628. The van der Waals surface area contributed by atoms with Gasteiger partial charge in [-0.1, -0.05) is 6.07 Å². The summed E-state index contributed by atoms with van der Waals surface area (Å²) in [6.07, 6.45) is 5.78. The minimum absolute atomic E-state index is 0.120. The molecule has 0 radical (unpaired) electrons. The van der Waals surface area contributed by atoms with Gasteiger partial charge in [0.1, 0.15) is 0 Å². The van der Waals surface area contributed by atoms with E-state index in [1.165, 1.54) is 0 Å². The molecule has 0 N–H and O–H groups in total. The monoisotopic (exact) mass is 397 g/mol. The molecule has 0 saturated carbocycles. The fourth-order valence-corrected chi connectivity index (χ4v) is 3.78. The van der Waals surface area contributed by atoms with Crippen LogP contribution in [0.3, 0.4) is 0 Å². The van der Waals surface area contributed by atoms with Crippen LogP contribution in [0.2, 0.25) is 0 Å². The minimum atomic E-state index is 0.120. The van der Waals surface area contributed by atoms with Crippen molar-refractivity contribution in [3.63, 3.8) is 0 Å². The lowest BCUT2D eigenvalue weighted by atomic mass is 10.1. The average molecular weight is 397 g/mol. The summed E-state index contributed by atoms with van der Waals surface area (Å²) >= 11 is 0. The van der Waals surface area contributed by atoms with Crippen LogP contribution in [0.5, 0.6) is 0 Å². The molecule has 1 atom stereocenters. The van der Waals surface area contributed by atoms with E-state index in [-0.39, 0.29) is 6.10 Å². The second kappa shape index (κ2) is 8.26. The van der Waals surface area contributed by atoms with Crippen molar-refractivity contribution in [3.05, 3.63) is 30.1 Å². The SMILES string of the molecule is c1cncc(CO[C@@H]2CCCN(c3nc4nonc4nc3N3CCOCC3)C2)c1. The second-order valence-corrected chi connectivity index (χ2v) is 7.26. The summed E-state index contributed by atoms with van der Waals surface area (Å²) in [7, 11) is 0. The van der Waals surface area contributed by atoms with Crippen LogP contribution in [-0.4, -0.2) is 70.8 Å². The van der Waals surface area contributed by atoms with Crippen molar-refractivity contribution in [2.45, 2.75) is 25.6 Å². The van der Waals surface area contributed by atoms with Crippen molar-refractivity contribution in [3.8, 4) is 0 Å². The molecule has 10 heteroatoms. The number of anilines is 2. The molecule has 3 aromatic rings. The van der Waals surface area contributed by atoms with E-state index >= 15 is 0 Å². The Morgan fingerprint density at radius 2 is 1.83 bits per heavy atom. The van der Waals surface area contributed by atoms with Crippen molar-refractivity contribution in [2.75, 3.05) is 49.2 Å². The minimum Gasteiger partial charge on any atom is -0.378 e. The Morgan fingerprint density at radius 3 is 2.59 bits per heavy atom. The zero-order valence-electron chi connectivity index (χ0n) is 16.1. The van der Waals surface area contributed by atoms with Gasteiger partial charge in [-0.15, -0.1) is 0 Å². The standard InChI is InChI=1S/C19H23N7O3/c1-3-14(11-20-5-1)13-28-15-4-2-6-26(12-15)19-18(25-7-9-27-10-8-25)21-16-17(22-19)24-29-23-16/h1,3,5,11,15H,2,4,6-10,12-13H2/t15-/m1/s1. The lowest BCUT2D eigenvalue weighted by Crippen LogP contribution is -2.43. The number of hydrogen-bond donors (Lipinski definition) is 0. The molecule has 0 unspecified atom stereocenters. The molecular weight excluding hydrogens is 374 g/mol. The molecule has 0 amide bonds. The van der Waals surface area contributed by atoms with Crippen LogP contribution in [0, 0.1) is 0 Å². The maximum Gasteiger partial charge on any atom is 0.245 e. The smallest absolute Gasteiger partial charge is 0.245 e. The van der Waals surface area contributed by atoms with E-state index in [1.54, 1.807) is 6.20 Å². The zero-order valence-corrected chi connectivity index (χ0v) is 16.1. The molecule has 29 heavy (non-hydrogen) atoms. The molecule has 5 heterocycles. The fourth-order valence-electron chi connectivity index (χ4n) is 3.78. The van der Waals surface area contributed by atoms with Gasteiger partial charge in [0, 0.05) is 38.6 Å². The lowest BCUT2D eigenvalue weighted by molar-refractivity contribution is 0.0313. The highest BCUT2D eigenvalue weighted by Crippen LogP contribution is 2.30. The van der Waals surface area contributed by atoms with Crippen LogP contribution in [0.4, 0.5) is 11.6 Å². The van der Waals surface area contributed by atoms with Crippen LogP contribution in [-0.2, 0) is 16.1 Å². The Hall–Kier alpha value is -2.85. The van der Waals surface area contributed by atoms with Crippen molar-refractivity contribution in [1.82, 2.24) is 25.3 Å². The molecule has 3 aromatic heterocycles. The predicted octanol–water partition coefficient (Wildman–Crippen LogP) is 1.43. The first-order valence-electron chi connectivity index (χ1n) is 9.95. The molecule has 5 rings (SSSR count). The number of hydrogen-bond acceptors (Lipinski definition) is 10. The van der Waals surface area contributed by atoms with Crippen molar-refractivity contribution in [2.24, 2.45) is 0 Å². The summed E-state index contributed by atoms with van der Waals surface area (Å²) in [4.78, 5) is 18.0. The van der Waals surface area contributed by atoms with E-state index < -0.39 is 0 Å². The van der Waals surface area contributed by atoms with Gasteiger partial charge in [0.25, 0.3) is 0 Å². The summed E-state index contributed by atoms with van der Waals surface area (Å²) in [5, 5.41) is 7.76. The van der Waals surface area contributed by atoms with E-state index in [4.69, 9.17) is 24.1 Å². The number of piperidine rings is 1. The number of rotatable bonds is 5. The third-order valence-electron chi connectivity index (χ3n) is 5.27. The first-order chi connectivity index (χ1) is 14.4. The number of aromatic nitrogens is 5. The van der Waals surface area contributed by atoms with Gasteiger partial charge >= 0.3 is 0 Å². The highest BCUT2D eigenvalue weighted by atomic mass is 16.6. The van der Waals surface area contributed by atoms with E-state index in [1.807, 2.05) is 18.3 Å². The van der Waals surface area contributed by atoms with E-state index in [9.17, 15) is 0 Å². The zero-order chi connectivity index (χ0) is 19.5. The summed E-state index contributed by atoms with van der Waals surface area (Å²) in [5.74, 6) is 1.62. The Kier molecular flexibility index (Phi) is 5.18. The molecule has 2 aliphatic rings. The number of fused-ring (bicyclic) bond motifs is 1. The highest BCUT2D eigenvalue weighted by Gasteiger charge is 2.28. The van der Waals surface area contributed by atoms with E-state index in [0.717, 1.165) is 56.2 Å². The molecule has 2 fully saturated rings. The van der Waals surface area contributed by atoms with Crippen molar-refractivity contribution >= 4 is 22.9 Å². The molecular formula is C19H23N7O3. The van der Waals surface area contributed by atoms with Crippen LogP contribution in [0.15, 0.2) is 29.2 Å². The number of morpholine rings is 1. The molecule has 10 nitrogen and oxygen atoms in total. The van der Waals surface area contributed by atoms with Crippen molar-refractivity contribution in [1.29, 1.82) is 0 Å². The average Bonchev–Trinajstić information content (AvgIpc) is 3.26. The summed E-state index contributed by atoms with van der Waals surface area (Å²) < 4.78 is 16.5. The second-order valence-electron chi connectivity index (χ2n) is 7.26. The van der Waals surface area contributed by atoms with Crippen LogP contribution in [0.25, 0.3) is 11.3 Å². The maximum atomic E-state index is 6.17. The van der Waals surface area contributed by atoms with Gasteiger partial charge in [-0.25, -0.2) is 14.6 Å². The normalized spacial score (nSPS) is 20.3. The molecule has 0 aromatic carbocycles. The van der Waals surface area contributed by atoms with Gasteiger partial charge in [-0.3, -0.25) is 4.98 Å². The lowest BCUT2D eigenvalue weighted by Gasteiger charge is -2.36. The molecule has 0 spiro atoms. The van der Waals surface area contributed by atoms with Crippen molar-refractivity contribution < 1.29 is 14.1 Å². The van der Waals surface area contributed by atoms with E-state index in [0.29, 0.717) is 31.1 Å². The summed E-state index contributed by atoms with van der Waals surface area (Å²) in [5.41, 5.74) is 1.93. The summed E-state index contributed by atoms with van der Waals surface area (Å²) in [6, 6.07) is 3.96. The molecule has 0 aliphatic carbocycles. The Bertz CT molecular complexity index is 945. The van der Waals surface area contributed by atoms with Gasteiger partial charge in [0.2, 0.25) is 11.3 Å². The molecule has 2 aliphatic heterocycles. The topological polar surface area (TPSA) is 103 Å². The number of nitrogens with zero attached hydrogens (tertiary/aromatic N) is 7. The summed E-state index contributed by atoms with van der Waals surface area (Å²) in [6.45, 7) is 5.10. The predicted molar refractivity (Wildman–Crippen MR) is 105 cm³/mol. The largest absolute Gasteiger partial charge is 0.378 e. The highest BCUT2D eigenvalue weighted by molar-refractivity contribution is 5.74.